The van der Waals surface area contributed by atoms with Gasteiger partial charge in [-0.3, -0.25) is 4.90 Å². The van der Waals surface area contributed by atoms with Crippen molar-refractivity contribution in [1.29, 1.82) is 0 Å². The highest BCUT2D eigenvalue weighted by atomic mass is 35.5. The van der Waals surface area contributed by atoms with E-state index in [2.05, 4.69) is 28.4 Å². The Balaban J connectivity index is 0.00000133. The molecular formula is C15H23ClN2O. The molecule has 3 rings (SSSR count). The van der Waals surface area contributed by atoms with Gasteiger partial charge in [-0.25, -0.2) is 0 Å². The Bertz CT molecular complexity index is 425. The van der Waals surface area contributed by atoms with Crippen molar-refractivity contribution in [3.05, 3.63) is 29.3 Å². The number of aliphatic hydroxyl groups excluding tert-OH is 1. The van der Waals surface area contributed by atoms with E-state index in [1.165, 1.54) is 29.8 Å². The molecule has 1 unspecified atom stereocenters. The molecular weight excluding hydrogens is 260 g/mol. The summed E-state index contributed by atoms with van der Waals surface area (Å²) in [7, 11) is 0. The van der Waals surface area contributed by atoms with Crippen molar-refractivity contribution in [2.24, 2.45) is 5.92 Å². The van der Waals surface area contributed by atoms with Gasteiger partial charge in [-0.05, 0) is 42.9 Å². The number of hydrogen-bond donors (Lipinski definition) is 2. The van der Waals surface area contributed by atoms with Gasteiger partial charge in [0.2, 0.25) is 0 Å². The first-order chi connectivity index (χ1) is 8.86. The number of nitrogens with zero attached hydrogens (tertiary/aromatic N) is 1. The van der Waals surface area contributed by atoms with Crippen LogP contribution in [0.15, 0.2) is 18.2 Å². The van der Waals surface area contributed by atoms with E-state index in [4.69, 9.17) is 5.11 Å². The molecule has 4 heteroatoms. The lowest BCUT2D eigenvalue weighted by molar-refractivity contribution is 0.249. The zero-order chi connectivity index (χ0) is 12.4. The molecule has 106 valence electrons. The maximum absolute atomic E-state index is 9.00. The van der Waals surface area contributed by atoms with Crippen LogP contribution >= 0.6 is 12.4 Å². The fourth-order valence-electron chi connectivity index (χ4n) is 3.26. The Labute approximate surface area is 121 Å². The molecule has 1 saturated heterocycles. The third-order valence-corrected chi connectivity index (χ3v) is 4.23. The van der Waals surface area contributed by atoms with Crippen LogP contribution in [0.3, 0.4) is 0 Å². The highest BCUT2D eigenvalue weighted by molar-refractivity contribution is 5.85. The largest absolute Gasteiger partial charge is 0.396 e. The lowest BCUT2D eigenvalue weighted by Gasteiger charge is -2.18. The van der Waals surface area contributed by atoms with E-state index in [9.17, 15) is 0 Å². The topological polar surface area (TPSA) is 35.5 Å². The summed E-state index contributed by atoms with van der Waals surface area (Å²) < 4.78 is 0. The Hall–Kier alpha value is -0.770. The molecule has 19 heavy (non-hydrogen) atoms. The SMILES string of the molecule is Cl.OCCC1CCN(Cc2cccc3c2NCC3)C1. The van der Waals surface area contributed by atoms with Crippen LogP contribution in [0.4, 0.5) is 5.69 Å². The number of benzene rings is 1. The second kappa shape index (κ2) is 6.60. The lowest BCUT2D eigenvalue weighted by atomic mass is 10.1. The third kappa shape index (κ3) is 3.22. The minimum absolute atomic E-state index is 0. The van der Waals surface area contributed by atoms with E-state index in [-0.39, 0.29) is 12.4 Å². The molecule has 1 fully saturated rings. The summed E-state index contributed by atoms with van der Waals surface area (Å²) in [5, 5.41) is 12.5. The summed E-state index contributed by atoms with van der Waals surface area (Å²) in [5.74, 6) is 0.694. The van der Waals surface area contributed by atoms with E-state index < -0.39 is 0 Å². The predicted octanol–water partition coefficient (Wildman–Crippen LogP) is 2.28. The van der Waals surface area contributed by atoms with Gasteiger partial charge in [0.1, 0.15) is 0 Å². The first-order valence-electron chi connectivity index (χ1n) is 7.04. The van der Waals surface area contributed by atoms with Gasteiger partial charge < -0.3 is 10.4 Å². The zero-order valence-electron chi connectivity index (χ0n) is 11.3. The minimum atomic E-state index is 0. The first kappa shape index (κ1) is 14.6. The molecule has 2 aliphatic heterocycles. The number of aliphatic hydroxyl groups is 1. The molecule has 3 nitrogen and oxygen atoms in total. The average Bonchev–Trinajstić information content (AvgIpc) is 2.99. The summed E-state index contributed by atoms with van der Waals surface area (Å²) in [6.07, 6.45) is 3.36. The standard InChI is InChI=1S/C15H22N2O.ClH/c18-9-6-12-5-8-17(10-12)11-14-3-1-2-13-4-7-16-15(13)14;/h1-3,12,16,18H,4-11H2;1H. The molecule has 0 amide bonds. The molecule has 2 N–H and O–H groups in total. The van der Waals surface area contributed by atoms with Crippen LogP contribution in [0.25, 0.3) is 0 Å². The molecule has 2 aliphatic rings. The smallest absolute Gasteiger partial charge is 0.0434 e. The molecule has 0 aromatic heterocycles. The van der Waals surface area contributed by atoms with Crippen LogP contribution < -0.4 is 5.32 Å². The average molecular weight is 283 g/mol. The van der Waals surface area contributed by atoms with E-state index >= 15 is 0 Å². The van der Waals surface area contributed by atoms with Gasteiger partial charge in [0, 0.05) is 31.9 Å². The second-order valence-electron chi connectivity index (χ2n) is 5.53. The van der Waals surface area contributed by atoms with Crippen LogP contribution in [0.2, 0.25) is 0 Å². The Morgan fingerprint density at radius 1 is 1.37 bits per heavy atom. The number of anilines is 1. The summed E-state index contributed by atoms with van der Waals surface area (Å²) in [6.45, 7) is 4.79. The van der Waals surface area contributed by atoms with Gasteiger partial charge in [-0.1, -0.05) is 18.2 Å². The van der Waals surface area contributed by atoms with Crippen molar-refractivity contribution in [3.8, 4) is 0 Å². The summed E-state index contributed by atoms with van der Waals surface area (Å²) in [5.41, 5.74) is 4.29. The maximum Gasteiger partial charge on any atom is 0.0434 e. The van der Waals surface area contributed by atoms with Crippen molar-refractivity contribution in [3.63, 3.8) is 0 Å². The summed E-state index contributed by atoms with van der Waals surface area (Å²) >= 11 is 0. The highest BCUT2D eigenvalue weighted by Crippen LogP contribution is 2.29. The van der Waals surface area contributed by atoms with Crippen molar-refractivity contribution < 1.29 is 5.11 Å². The fourth-order valence-corrected chi connectivity index (χ4v) is 3.26. The number of rotatable bonds is 4. The van der Waals surface area contributed by atoms with Crippen LogP contribution in [0.5, 0.6) is 0 Å². The number of halogens is 1. The van der Waals surface area contributed by atoms with Crippen LogP contribution in [-0.2, 0) is 13.0 Å². The number of hydrogen-bond acceptors (Lipinski definition) is 3. The maximum atomic E-state index is 9.00. The quantitative estimate of drug-likeness (QED) is 0.889. The molecule has 1 atom stereocenters. The monoisotopic (exact) mass is 282 g/mol. The van der Waals surface area contributed by atoms with Crippen LogP contribution in [-0.4, -0.2) is 36.2 Å². The molecule has 1 aromatic rings. The molecule has 0 saturated carbocycles. The summed E-state index contributed by atoms with van der Waals surface area (Å²) in [4.78, 5) is 2.52. The summed E-state index contributed by atoms with van der Waals surface area (Å²) in [6, 6.07) is 6.66. The van der Waals surface area contributed by atoms with Crippen molar-refractivity contribution in [2.45, 2.75) is 25.8 Å². The first-order valence-corrected chi connectivity index (χ1v) is 7.04. The van der Waals surface area contributed by atoms with Gasteiger partial charge in [0.15, 0.2) is 0 Å². The number of fused-ring (bicyclic) bond motifs is 1. The van der Waals surface area contributed by atoms with E-state index in [1.54, 1.807) is 0 Å². The third-order valence-electron chi connectivity index (χ3n) is 4.23. The van der Waals surface area contributed by atoms with Gasteiger partial charge in [-0.15, -0.1) is 12.4 Å². The molecule has 0 bridgehead atoms. The second-order valence-corrected chi connectivity index (χ2v) is 5.53. The van der Waals surface area contributed by atoms with Crippen molar-refractivity contribution >= 4 is 18.1 Å². The van der Waals surface area contributed by atoms with Crippen LogP contribution in [0, 0.1) is 5.92 Å². The molecule has 0 spiro atoms. The number of nitrogens with one attached hydrogen (secondary N) is 1. The van der Waals surface area contributed by atoms with Gasteiger partial charge >= 0.3 is 0 Å². The van der Waals surface area contributed by atoms with E-state index in [0.717, 1.165) is 32.5 Å². The Morgan fingerprint density at radius 3 is 3.11 bits per heavy atom. The number of para-hydroxylation sites is 1. The van der Waals surface area contributed by atoms with Gasteiger partial charge in [0.25, 0.3) is 0 Å². The zero-order valence-corrected chi connectivity index (χ0v) is 12.1. The fraction of sp³-hybridized carbons (Fsp3) is 0.600. The highest BCUT2D eigenvalue weighted by Gasteiger charge is 2.23. The van der Waals surface area contributed by atoms with Crippen LogP contribution in [0.1, 0.15) is 24.0 Å². The lowest BCUT2D eigenvalue weighted by Crippen LogP contribution is -2.21. The van der Waals surface area contributed by atoms with Crippen molar-refractivity contribution in [2.75, 3.05) is 31.6 Å². The molecule has 2 heterocycles. The minimum Gasteiger partial charge on any atom is -0.396 e. The molecule has 1 aromatic carbocycles. The normalized spacial score (nSPS) is 21.8. The van der Waals surface area contributed by atoms with Gasteiger partial charge in [0.05, 0.1) is 0 Å². The van der Waals surface area contributed by atoms with E-state index in [0.29, 0.717) is 12.5 Å². The van der Waals surface area contributed by atoms with Gasteiger partial charge in [-0.2, -0.15) is 0 Å². The number of likely N-dealkylation sites (tertiary alicyclic amines) is 1. The van der Waals surface area contributed by atoms with Crippen molar-refractivity contribution in [1.82, 2.24) is 4.90 Å². The van der Waals surface area contributed by atoms with E-state index in [1.807, 2.05) is 0 Å². The molecule has 0 radical (unpaired) electrons. The Morgan fingerprint density at radius 2 is 2.26 bits per heavy atom. The Kier molecular flexibility index (Phi) is 5.08. The predicted molar refractivity (Wildman–Crippen MR) is 81.0 cm³/mol. The molecule has 0 aliphatic carbocycles.